The van der Waals surface area contributed by atoms with Crippen molar-refractivity contribution in [3.63, 3.8) is 0 Å². The van der Waals surface area contributed by atoms with Gasteiger partial charge in [-0.3, -0.25) is 9.59 Å². The second-order valence-electron chi connectivity index (χ2n) is 9.26. The smallest absolute Gasteiger partial charge is 0.261 e. The molecule has 2 amide bonds. The molecule has 196 valence electrons. The minimum atomic E-state index is -0.679. The maximum atomic E-state index is 13.8. The Morgan fingerprint density at radius 2 is 1.58 bits per heavy atom. The van der Waals surface area contributed by atoms with E-state index in [0.717, 1.165) is 39.2 Å². The van der Waals surface area contributed by atoms with Crippen LogP contribution >= 0.6 is 15.9 Å². The van der Waals surface area contributed by atoms with E-state index in [-0.39, 0.29) is 18.4 Å². The average Bonchev–Trinajstić information content (AvgIpc) is 2.95. The zero-order chi connectivity index (χ0) is 26.7. The van der Waals surface area contributed by atoms with E-state index >= 15 is 0 Å². The number of ether oxygens (including phenoxy) is 1. The van der Waals surface area contributed by atoms with Gasteiger partial charge in [0.05, 0.1) is 0 Å². The molecular formula is C32H33BrN2O3. The second-order valence-corrected chi connectivity index (χ2v) is 10.2. The van der Waals surface area contributed by atoms with Gasteiger partial charge in [-0.1, -0.05) is 108 Å². The number of hydrogen-bond donors (Lipinski definition) is 1. The maximum Gasteiger partial charge on any atom is 0.261 e. The number of fused-ring (bicyclic) bond motifs is 1. The standard InChI is InChI=1S/C32H33BrN2O3/c1-2-3-20-34-32(37)29(21-24-10-5-4-6-11-24)35(22-25-16-18-27(33)19-17-25)31(36)23-38-30-15-9-13-26-12-7-8-14-28(26)30/h4-19,29H,2-3,20-23H2,1H3,(H,34,37). The summed E-state index contributed by atoms with van der Waals surface area (Å²) < 4.78 is 7.02. The van der Waals surface area contributed by atoms with Crippen LogP contribution in [0.1, 0.15) is 30.9 Å². The predicted molar refractivity (Wildman–Crippen MR) is 156 cm³/mol. The van der Waals surface area contributed by atoms with Crippen LogP contribution < -0.4 is 10.1 Å². The lowest BCUT2D eigenvalue weighted by molar-refractivity contribution is -0.142. The number of nitrogens with one attached hydrogen (secondary N) is 1. The van der Waals surface area contributed by atoms with Gasteiger partial charge in [-0.05, 0) is 41.1 Å². The van der Waals surface area contributed by atoms with Crippen molar-refractivity contribution < 1.29 is 14.3 Å². The molecule has 0 spiro atoms. The first-order chi connectivity index (χ1) is 18.5. The number of carbonyl (C=O) groups is 2. The Labute approximate surface area is 232 Å². The van der Waals surface area contributed by atoms with Gasteiger partial charge in [0.2, 0.25) is 5.91 Å². The summed E-state index contributed by atoms with van der Waals surface area (Å²) in [6.07, 6.45) is 2.27. The molecule has 0 saturated carbocycles. The summed E-state index contributed by atoms with van der Waals surface area (Å²) in [6.45, 7) is 2.79. The molecule has 5 nitrogen and oxygen atoms in total. The molecule has 38 heavy (non-hydrogen) atoms. The number of benzene rings is 4. The molecule has 6 heteroatoms. The highest BCUT2D eigenvalue weighted by Crippen LogP contribution is 2.25. The fourth-order valence-electron chi connectivity index (χ4n) is 4.39. The van der Waals surface area contributed by atoms with Crippen LogP contribution in [-0.4, -0.2) is 35.9 Å². The largest absolute Gasteiger partial charge is 0.483 e. The van der Waals surface area contributed by atoms with Gasteiger partial charge in [-0.2, -0.15) is 0 Å². The molecular weight excluding hydrogens is 540 g/mol. The third-order valence-corrected chi connectivity index (χ3v) is 7.00. The number of halogens is 1. The summed E-state index contributed by atoms with van der Waals surface area (Å²) in [6, 6.07) is 30.7. The predicted octanol–water partition coefficient (Wildman–Crippen LogP) is 6.54. The molecule has 0 heterocycles. The molecule has 0 aliphatic rings. The van der Waals surface area contributed by atoms with E-state index in [1.165, 1.54) is 0 Å². The molecule has 4 aromatic rings. The van der Waals surface area contributed by atoms with Crippen molar-refractivity contribution in [2.75, 3.05) is 13.2 Å². The summed E-state index contributed by atoms with van der Waals surface area (Å²) in [5, 5.41) is 5.04. The van der Waals surface area contributed by atoms with Crippen LogP contribution in [-0.2, 0) is 22.6 Å². The SMILES string of the molecule is CCCCNC(=O)C(Cc1ccccc1)N(Cc1ccc(Br)cc1)C(=O)COc1cccc2ccccc12. The van der Waals surface area contributed by atoms with Gasteiger partial charge >= 0.3 is 0 Å². The monoisotopic (exact) mass is 572 g/mol. The minimum absolute atomic E-state index is 0.155. The lowest BCUT2D eigenvalue weighted by Crippen LogP contribution is -2.51. The minimum Gasteiger partial charge on any atom is -0.483 e. The molecule has 4 aromatic carbocycles. The van der Waals surface area contributed by atoms with Crippen molar-refractivity contribution >= 4 is 38.5 Å². The molecule has 0 bridgehead atoms. The van der Waals surface area contributed by atoms with Gasteiger partial charge in [-0.25, -0.2) is 0 Å². The Morgan fingerprint density at radius 1 is 0.868 bits per heavy atom. The Balaban J connectivity index is 1.62. The van der Waals surface area contributed by atoms with E-state index in [1.54, 1.807) is 4.90 Å². The van der Waals surface area contributed by atoms with Crippen LogP contribution in [0.4, 0.5) is 0 Å². The third kappa shape index (κ3) is 7.45. The van der Waals surface area contributed by atoms with Crippen LogP contribution in [0.3, 0.4) is 0 Å². The van der Waals surface area contributed by atoms with Crippen LogP contribution in [0.15, 0.2) is 102 Å². The van der Waals surface area contributed by atoms with Crippen molar-refractivity contribution in [3.8, 4) is 5.75 Å². The number of unbranched alkanes of at least 4 members (excludes halogenated alkanes) is 1. The number of rotatable bonds is 12. The summed E-state index contributed by atoms with van der Waals surface area (Å²) in [7, 11) is 0. The number of nitrogens with zero attached hydrogens (tertiary/aromatic N) is 1. The van der Waals surface area contributed by atoms with Gasteiger partial charge in [0.15, 0.2) is 6.61 Å². The first kappa shape index (κ1) is 27.4. The zero-order valence-electron chi connectivity index (χ0n) is 21.6. The van der Waals surface area contributed by atoms with Crippen molar-refractivity contribution in [3.05, 3.63) is 113 Å². The van der Waals surface area contributed by atoms with Crippen LogP contribution in [0.5, 0.6) is 5.75 Å². The van der Waals surface area contributed by atoms with E-state index in [1.807, 2.05) is 97.1 Å². The lowest BCUT2D eigenvalue weighted by Gasteiger charge is -2.31. The topological polar surface area (TPSA) is 58.6 Å². The third-order valence-electron chi connectivity index (χ3n) is 6.47. The van der Waals surface area contributed by atoms with Gasteiger partial charge in [0, 0.05) is 29.4 Å². The van der Waals surface area contributed by atoms with Gasteiger partial charge in [-0.15, -0.1) is 0 Å². The Hall–Kier alpha value is -3.64. The Bertz CT molecular complexity index is 1340. The van der Waals surface area contributed by atoms with E-state index in [9.17, 15) is 9.59 Å². The van der Waals surface area contributed by atoms with Gasteiger partial charge < -0.3 is 15.0 Å². The molecule has 1 atom stereocenters. The Kier molecular flexibility index (Phi) is 9.93. The molecule has 0 aliphatic carbocycles. The van der Waals surface area contributed by atoms with Gasteiger partial charge in [0.1, 0.15) is 11.8 Å². The number of carbonyl (C=O) groups excluding carboxylic acids is 2. The summed E-state index contributed by atoms with van der Waals surface area (Å²) >= 11 is 3.48. The van der Waals surface area contributed by atoms with Crippen molar-refractivity contribution in [2.45, 2.75) is 38.8 Å². The van der Waals surface area contributed by atoms with Crippen molar-refractivity contribution in [2.24, 2.45) is 0 Å². The van der Waals surface area contributed by atoms with E-state index in [0.29, 0.717) is 25.3 Å². The first-order valence-corrected chi connectivity index (χ1v) is 13.8. The fraction of sp³-hybridized carbons (Fsp3) is 0.250. The summed E-state index contributed by atoms with van der Waals surface area (Å²) in [5.74, 6) is 0.248. The van der Waals surface area contributed by atoms with Crippen LogP contribution in [0.25, 0.3) is 10.8 Å². The molecule has 1 N–H and O–H groups in total. The summed E-state index contributed by atoms with van der Waals surface area (Å²) in [5.41, 5.74) is 1.93. The highest BCUT2D eigenvalue weighted by Gasteiger charge is 2.30. The highest BCUT2D eigenvalue weighted by atomic mass is 79.9. The van der Waals surface area contributed by atoms with Crippen molar-refractivity contribution in [1.29, 1.82) is 0 Å². The molecule has 1 unspecified atom stereocenters. The maximum absolute atomic E-state index is 13.8. The van der Waals surface area contributed by atoms with E-state index < -0.39 is 6.04 Å². The molecule has 4 rings (SSSR count). The zero-order valence-corrected chi connectivity index (χ0v) is 23.2. The number of hydrogen-bond acceptors (Lipinski definition) is 3. The van der Waals surface area contributed by atoms with Crippen molar-refractivity contribution in [1.82, 2.24) is 10.2 Å². The average molecular weight is 574 g/mol. The normalized spacial score (nSPS) is 11.6. The van der Waals surface area contributed by atoms with E-state index in [2.05, 4.69) is 28.2 Å². The first-order valence-electron chi connectivity index (χ1n) is 13.0. The second kappa shape index (κ2) is 13.8. The van der Waals surface area contributed by atoms with Gasteiger partial charge in [0.25, 0.3) is 5.91 Å². The van der Waals surface area contributed by atoms with Crippen LogP contribution in [0.2, 0.25) is 0 Å². The molecule has 0 aromatic heterocycles. The fourth-order valence-corrected chi connectivity index (χ4v) is 4.65. The molecule has 0 aliphatic heterocycles. The molecule has 0 fully saturated rings. The van der Waals surface area contributed by atoms with Crippen LogP contribution in [0, 0.1) is 0 Å². The number of amides is 2. The van der Waals surface area contributed by atoms with E-state index in [4.69, 9.17) is 4.74 Å². The highest BCUT2D eigenvalue weighted by molar-refractivity contribution is 9.10. The lowest BCUT2D eigenvalue weighted by atomic mass is 10.0. The summed E-state index contributed by atoms with van der Waals surface area (Å²) in [4.78, 5) is 29.0. The molecule has 0 radical (unpaired) electrons. The molecule has 0 saturated heterocycles. The Morgan fingerprint density at radius 3 is 2.34 bits per heavy atom. The quantitative estimate of drug-likeness (QED) is 0.196.